The molecule has 0 aromatic heterocycles. The zero-order chi connectivity index (χ0) is 20.2. The van der Waals surface area contributed by atoms with Crippen molar-refractivity contribution < 1.29 is 24.5 Å². The number of carboxylic acids is 2. The summed E-state index contributed by atoms with van der Waals surface area (Å²) in [6.45, 7) is 3.84. The van der Waals surface area contributed by atoms with Gasteiger partial charge in [0.1, 0.15) is 5.75 Å². The van der Waals surface area contributed by atoms with Crippen LogP contribution in [0.25, 0.3) is 10.8 Å². The zero-order valence-electron chi connectivity index (χ0n) is 16.4. The maximum absolute atomic E-state index is 10.9. The zero-order valence-corrected chi connectivity index (χ0v) is 16.4. The predicted molar refractivity (Wildman–Crippen MR) is 108 cm³/mol. The fourth-order valence-corrected chi connectivity index (χ4v) is 2.66. The van der Waals surface area contributed by atoms with Crippen LogP contribution in [-0.4, -0.2) is 29.3 Å². The van der Waals surface area contributed by atoms with Crippen LogP contribution in [0.1, 0.15) is 63.9 Å². The van der Waals surface area contributed by atoms with Gasteiger partial charge in [-0.3, -0.25) is 9.59 Å². The Bertz CT molecular complexity index is 739. The molecule has 2 rings (SSSR count). The van der Waals surface area contributed by atoms with E-state index in [0.29, 0.717) is 6.42 Å². The molecule has 0 saturated heterocycles. The van der Waals surface area contributed by atoms with Crippen LogP contribution in [0.3, 0.4) is 0 Å². The molecule has 0 aliphatic carbocycles. The van der Waals surface area contributed by atoms with Gasteiger partial charge >= 0.3 is 11.9 Å². The minimum absolute atomic E-state index is 0.337. The second-order valence-corrected chi connectivity index (χ2v) is 6.59. The molecule has 0 bridgehead atoms. The molecule has 1 atom stereocenters. The summed E-state index contributed by atoms with van der Waals surface area (Å²) in [7, 11) is 1.63. The van der Waals surface area contributed by atoms with Gasteiger partial charge in [-0.15, -0.1) is 0 Å². The highest BCUT2D eigenvalue weighted by atomic mass is 16.5. The second kappa shape index (κ2) is 11.9. The van der Waals surface area contributed by atoms with Gasteiger partial charge in [0.25, 0.3) is 0 Å². The van der Waals surface area contributed by atoms with Crippen molar-refractivity contribution in [1.82, 2.24) is 0 Å². The third kappa shape index (κ3) is 8.11. The van der Waals surface area contributed by atoms with Gasteiger partial charge in [-0.1, -0.05) is 56.9 Å². The Hall–Kier alpha value is -2.56. The Morgan fingerprint density at radius 3 is 2.19 bits per heavy atom. The van der Waals surface area contributed by atoms with Crippen LogP contribution in [0.5, 0.6) is 5.75 Å². The summed E-state index contributed by atoms with van der Waals surface area (Å²) in [5, 5.41) is 19.3. The van der Waals surface area contributed by atoms with Crippen LogP contribution in [0.2, 0.25) is 0 Å². The van der Waals surface area contributed by atoms with E-state index in [2.05, 4.69) is 6.92 Å². The number of ether oxygens (including phenoxy) is 1. The molecule has 5 heteroatoms. The Kier molecular flexibility index (Phi) is 9.94. The van der Waals surface area contributed by atoms with E-state index >= 15 is 0 Å². The summed E-state index contributed by atoms with van der Waals surface area (Å²) < 4.78 is 5.14. The van der Waals surface area contributed by atoms with Crippen molar-refractivity contribution in [2.45, 2.75) is 58.3 Å². The number of carbonyl (C=O) groups is 2. The number of unbranched alkanes of at least 4 members (excludes halogenated alkanes) is 4. The van der Waals surface area contributed by atoms with Crippen LogP contribution in [0.15, 0.2) is 36.4 Å². The van der Waals surface area contributed by atoms with E-state index in [4.69, 9.17) is 14.9 Å². The number of methoxy groups -OCH3 is 1. The molecule has 0 aliphatic heterocycles. The van der Waals surface area contributed by atoms with E-state index in [1.807, 2.05) is 36.4 Å². The highest BCUT2D eigenvalue weighted by Gasteiger charge is 2.13. The number of hydrogen-bond donors (Lipinski definition) is 2. The first-order valence-corrected chi connectivity index (χ1v) is 9.41. The van der Waals surface area contributed by atoms with Crippen LogP contribution in [0, 0.1) is 0 Å². The SMILES string of the molecule is CCCCCCCC(=O)O.COc1ccc2cc([C@H](C)C(=O)O)ccc2c1. The van der Waals surface area contributed by atoms with Crippen molar-refractivity contribution in [2.75, 3.05) is 7.11 Å². The van der Waals surface area contributed by atoms with Crippen molar-refractivity contribution in [1.29, 1.82) is 0 Å². The van der Waals surface area contributed by atoms with Crippen molar-refractivity contribution >= 4 is 22.7 Å². The predicted octanol–water partition coefficient (Wildman–Crippen LogP) is 5.47. The normalized spacial score (nSPS) is 11.4. The first-order valence-electron chi connectivity index (χ1n) is 9.41. The molecule has 0 amide bonds. The van der Waals surface area contributed by atoms with Gasteiger partial charge in [0.2, 0.25) is 0 Å². The van der Waals surface area contributed by atoms with Gasteiger partial charge in [-0.05, 0) is 41.8 Å². The molecule has 0 aliphatic rings. The molecule has 0 unspecified atom stereocenters. The van der Waals surface area contributed by atoms with Crippen molar-refractivity contribution in [2.24, 2.45) is 0 Å². The van der Waals surface area contributed by atoms with E-state index in [-0.39, 0.29) is 0 Å². The van der Waals surface area contributed by atoms with Gasteiger partial charge in [0, 0.05) is 6.42 Å². The molecule has 5 nitrogen and oxygen atoms in total. The summed E-state index contributed by atoms with van der Waals surface area (Å²) in [6.07, 6.45) is 5.88. The van der Waals surface area contributed by atoms with Crippen LogP contribution < -0.4 is 4.74 Å². The van der Waals surface area contributed by atoms with E-state index in [0.717, 1.165) is 34.9 Å². The van der Waals surface area contributed by atoms with E-state index in [9.17, 15) is 9.59 Å². The molecular weight excluding hydrogens is 344 g/mol. The highest BCUT2D eigenvalue weighted by molar-refractivity contribution is 5.86. The molecule has 2 aromatic rings. The molecule has 0 saturated carbocycles. The number of fused-ring (bicyclic) bond motifs is 1. The summed E-state index contributed by atoms with van der Waals surface area (Å²) in [4.78, 5) is 20.9. The third-order valence-corrected chi connectivity index (χ3v) is 4.44. The number of aliphatic carboxylic acids is 2. The van der Waals surface area contributed by atoms with Gasteiger partial charge in [-0.2, -0.15) is 0 Å². The van der Waals surface area contributed by atoms with Crippen molar-refractivity contribution in [3.8, 4) is 5.75 Å². The number of carboxylic acid groups (broad SMARTS) is 2. The molecule has 0 spiro atoms. The second-order valence-electron chi connectivity index (χ2n) is 6.59. The van der Waals surface area contributed by atoms with Gasteiger partial charge in [0.15, 0.2) is 0 Å². The number of benzene rings is 2. The average Bonchev–Trinajstić information content (AvgIpc) is 2.66. The van der Waals surface area contributed by atoms with Gasteiger partial charge in [-0.25, -0.2) is 0 Å². The van der Waals surface area contributed by atoms with Crippen LogP contribution >= 0.6 is 0 Å². The molecular formula is C22H30O5. The Morgan fingerprint density at radius 1 is 0.963 bits per heavy atom. The molecule has 0 radical (unpaired) electrons. The summed E-state index contributed by atoms with van der Waals surface area (Å²) in [5.74, 6) is -1.16. The highest BCUT2D eigenvalue weighted by Crippen LogP contribution is 2.25. The lowest BCUT2D eigenvalue weighted by Crippen LogP contribution is -2.06. The van der Waals surface area contributed by atoms with Gasteiger partial charge in [0.05, 0.1) is 13.0 Å². The third-order valence-electron chi connectivity index (χ3n) is 4.44. The lowest BCUT2D eigenvalue weighted by molar-refractivity contribution is -0.138. The fourth-order valence-electron chi connectivity index (χ4n) is 2.66. The Labute approximate surface area is 161 Å². The lowest BCUT2D eigenvalue weighted by Gasteiger charge is -2.08. The topological polar surface area (TPSA) is 83.8 Å². The maximum Gasteiger partial charge on any atom is 0.310 e. The molecule has 148 valence electrons. The monoisotopic (exact) mass is 374 g/mol. The summed E-state index contributed by atoms with van der Waals surface area (Å²) in [5.41, 5.74) is 0.815. The average molecular weight is 374 g/mol. The summed E-state index contributed by atoms with van der Waals surface area (Å²) in [6, 6.07) is 11.4. The maximum atomic E-state index is 10.9. The van der Waals surface area contributed by atoms with E-state index in [1.165, 1.54) is 19.3 Å². The quantitative estimate of drug-likeness (QED) is 0.569. The molecule has 2 N–H and O–H groups in total. The Balaban J connectivity index is 0.000000314. The first-order chi connectivity index (χ1) is 12.9. The largest absolute Gasteiger partial charge is 0.497 e. The Morgan fingerprint density at radius 2 is 1.59 bits per heavy atom. The smallest absolute Gasteiger partial charge is 0.310 e. The molecule has 0 heterocycles. The van der Waals surface area contributed by atoms with Crippen molar-refractivity contribution in [3.05, 3.63) is 42.0 Å². The minimum Gasteiger partial charge on any atom is -0.497 e. The van der Waals surface area contributed by atoms with E-state index < -0.39 is 17.9 Å². The minimum atomic E-state index is -0.808. The lowest BCUT2D eigenvalue weighted by atomic mass is 9.98. The number of hydrogen-bond acceptors (Lipinski definition) is 3. The van der Waals surface area contributed by atoms with Crippen molar-refractivity contribution in [3.63, 3.8) is 0 Å². The van der Waals surface area contributed by atoms with Crippen LogP contribution in [0.4, 0.5) is 0 Å². The van der Waals surface area contributed by atoms with Crippen LogP contribution in [-0.2, 0) is 9.59 Å². The van der Waals surface area contributed by atoms with E-state index in [1.54, 1.807) is 14.0 Å². The fraction of sp³-hybridized carbons (Fsp3) is 0.455. The standard InChI is InChI=1S/C14H14O3.C8H16O2/c1-9(14(15)16)10-3-4-12-8-13(17-2)6-5-11(12)7-10;1-2-3-4-5-6-7-8(9)10/h3-9H,1-2H3,(H,15,16);2-7H2,1H3,(H,9,10)/t9-;/m0./s1. The van der Waals surface area contributed by atoms with Gasteiger partial charge < -0.3 is 14.9 Å². The summed E-state index contributed by atoms with van der Waals surface area (Å²) >= 11 is 0. The number of rotatable bonds is 9. The molecule has 2 aromatic carbocycles. The first kappa shape index (κ1) is 22.5. The molecule has 0 fully saturated rings. The molecule has 27 heavy (non-hydrogen) atoms.